The molecule has 1 aliphatic heterocycles. The Labute approximate surface area is 160 Å². The third kappa shape index (κ3) is 5.04. The summed E-state index contributed by atoms with van der Waals surface area (Å²) < 4.78 is 41.3. The average Bonchev–Trinajstić information content (AvgIpc) is 2.67. The molecule has 0 aliphatic carbocycles. The van der Waals surface area contributed by atoms with Crippen LogP contribution in [0.25, 0.3) is 0 Å². The van der Waals surface area contributed by atoms with E-state index >= 15 is 0 Å². The van der Waals surface area contributed by atoms with E-state index in [-0.39, 0.29) is 24.1 Å². The molecule has 0 aromatic heterocycles. The maximum Gasteiger partial charge on any atom is 0.224 e. The third-order valence-corrected chi connectivity index (χ3v) is 6.60. The lowest BCUT2D eigenvalue weighted by Gasteiger charge is -2.31. The zero-order valence-corrected chi connectivity index (χ0v) is 17.1. The van der Waals surface area contributed by atoms with Gasteiger partial charge in [-0.3, -0.25) is 4.79 Å². The Kier molecular flexibility index (Phi) is 7.32. The van der Waals surface area contributed by atoms with Crippen LogP contribution in [0.4, 0.5) is 0 Å². The molecule has 152 valence electrons. The van der Waals surface area contributed by atoms with Crippen LogP contribution in [-0.2, 0) is 21.2 Å². The van der Waals surface area contributed by atoms with Gasteiger partial charge in [0.15, 0.2) is 11.5 Å². The molecule has 27 heavy (non-hydrogen) atoms. The van der Waals surface area contributed by atoms with Crippen molar-refractivity contribution in [3.63, 3.8) is 0 Å². The molecule has 1 N–H and O–H groups in total. The molecule has 0 bridgehead atoms. The van der Waals surface area contributed by atoms with Crippen molar-refractivity contribution >= 4 is 15.9 Å². The third-order valence-electron chi connectivity index (χ3n) is 4.71. The summed E-state index contributed by atoms with van der Waals surface area (Å²) in [6.07, 6.45) is 1.35. The minimum atomic E-state index is -3.17. The van der Waals surface area contributed by atoms with Gasteiger partial charge < -0.3 is 19.5 Å². The van der Waals surface area contributed by atoms with Gasteiger partial charge in [0, 0.05) is 24.7 Å². The first-order valence-corrected chi connectivity index (χ1v) is 10.5. The number of hydrogen-bond acceptors (Lipinski definition) is 6. The summed E-state index contributed by atoms with van der Waals surface area (Å²) >= 11 is 0. The lowest BCUT2D eigenvalue weighted by atomic mass is 10.0. The fraction of sp³-hybridized carbons (Fsp3) is 0.611. The normalized spacial score (nSPS) is 16.0. The Morgan fingerprint density at radius 3 is 2.26 bits per heavy atom. The number of carbonyl (C=O) groups excluding carboxylic acids is 1. The van der Waals surface area contributed by atoms with Gasteiger partial charge in [0.2, 0.25) is 21.7 Å². The van der Waals surface area contributed by atoms with Gasteiger partial charge in [0.05, 0.1) is 33.5 Å². The van der Waals surface area contributed by atoms with Crippen molar-refractivity contribution in [2.24, 2.45) is 0 Å². The average molecular weight is 400 g/mol. The summed E-state index contributed by atoms with van der Waals surface area (Å²) in [7, 11) is 1.40. The van der Waals surface area contributed by atoms with E-state index in [2.05, 4.69) is 5.32 Å². The number of sulfonamides is 1. The monoisotopic (exact) mass is 400 g/mol. The summed E-state index contributed by atoms with van der Waals surface area (Å²) in [4.78, 5) is 12.5. The van der Waals surface area contributed by atoms with Gasteiger partial charge in [-0.2, -0.15) is 0 Å². The highest BCUT2D eigenvalue weighted by atomic mass is 32.2. The van der Waals surface area contributed by atoms with E-state index in [9.17, 15) is 13.2 Å². The predicted molar refractivity (Wildman–Crippen MR) is 102 cm³/mol. The van der Waals surface area contributed by atoms with E-state index in [0.717, 1.165) is 0 Å². The molecule has 1 aromatic rings. The number of amides is 1. The molecule has 0 saturated carbocycles. The fourth-order valence-corrected chi connectivity index (χ4v) is 4.35. The van der Waals surface area contributed by atoms with Crippen molar-refractivity contribution in [3.8, 4) is 17.2 Å². The molecule has 8 nitrogen and oxygen atoms in total. The Bertz CT molecular complexity index is 757. The van der Waals surface area contributed by atoms with Crippen LogP contribution in [-0.4, -0.2) is 64.8 Å². The molecule has 0 spiro atoms. The molecule has 1 amide bonds. The van der Waals surface area contributed by atoms with E-state index in [0.29, 0.717) is 48.7 Å². The fourth-order valence-electron chi connectivity index (χ4n) is 3.21. The topological polar surface area (TPSA) is 94.2 Å². The van der Waals surface area contributed by atoms with Crippen LogP contribution in [0.15, 0.2) is 12.1 Å². The number of hydrogen-bond donors (Lipinski definition) is 1. The first-order valence-electron chi connectivity index (χ1n) is 8.91. The van der Waals surface area contributed by atoms with Crippen LogP contribution in [0.1, 0.15) is 25.3 Å². The van der Waals surface area contributed by atoms with Gasteiger partial charge in [-0.05, 0) is 25.8 Å². The van der Waals surface area contributed by atoms with Gasteiger partial charge >= 0.3 is 0 Å². The standard InChI is InChI=1S/C18H28N2O6S/c1-5-27(22,23)20-10-8-14(9-11-20)19-16(21)12-13-6-7-15(24-2)18(26-4)17(13)25-3/h6-7,14H,5,8-12H2,1-4H3,(H,19,21). The van der Waals surface area contributed by atoms with Crippen LogP contribution in [0.3, 0.4) is 0 Å². The molecule has 1 fully saturated rings. The molecular formula is C18H28N2O6S. The lowest BCUT2D eigenvalue weighted by Crippen LogP contribution is -2.47. The molecular weight excluding hydrogens is 372 g/mol. The summed E-state index contributed by atoms with van der Waals surface area (Å²) in [6, 6.07) is 3.47. The number of ether oxygens (including phenoxy) is 3. The highest BCUT2D eigenvalue weighted by Crippen LogP contribution is 2.39. The van der Waals surface area contributed by atoms with Crippen LogP contribution >= 0.6 is 0 Å². The highest BCUT2D eigenvalue weighted by molar-refractivity contribution is 7.89. The minimum Gasteiger partial charge on any atom is -0.493 e. The number of benzene rings is 1. The van der Waals surface area contributed by atoms with Crippen molar-refractivity contribution in [2.45, 2.75) is 32.2 Å². The highest BCUT2D eigenvalue weighted by Gasteiger charge is 2.27. The number of nitrogens with one attached hydrogen (secondary N) is 1. The van der Waals surface area contributed by atoms with Gasteiger partial charge in [0.1, 0.15) is 0 Å². The summed E-state index contributed by atoms with van der Waals surface area (Å²) in [5, 5.41) is 2.99. The van der Waals surface area contributed by atoms with Crippen LogP contribution in [0, 0.1) is 0 Å². The van der Waals surface area contributed by atoms with Crippen LogP contribution in [0.5, 0.6) is 17.2 Å². The maximum absolute atomic E-state index is 12.5. The first kappa shape index (κ1) is 21.3. The molecule has 0 unspecified atom stereocenters. The van der Waals surface area contributed by atoms with Crippen molar-refractivity contribution in [1.29, 1.82) is 0 Å². The van der Waals surface area contributed by atoms with E-state index in [1.807, 2.05) is 0 Å². The number of nitrogens with zero attached hydrogens (tertiary/aromatic N) is 1. The molecule has 1 saturated heterocycles. The molecule has 0 atom stereocenters. The second-order valence-electron chi connectivity index (χ2n) is 6.31. The second kappa shape index (κ2) is 9.27. The van der Waals surface area contributed by atoms with E-state index in [4.69, 9.17) is 14.2 Å². The number of piperidine rings is 1. The largest absolute Gasteiger partial charge is 0.493 e. The molecule has 9 heteroatoms. The van der Waals surface area contributed by atoms with Gasteiger partial charge in [-0.25, -0.2) is 12.7 Å². The number of rotatable bonds is 8. The van der Waals surface area contributed by atoms with E-state index in [1.165, 1.54) is 25.6 Å². The number of methoxy groups -OCH3 is 3. The zero-order valence-electron chi connectivity index (χ0n) is 16.3. The van der Waals surface area contributed by atoms with Gasteiger partial charge in [-0.1, -0.05) is 6.07 Å². The second-order valence-corrected chi connectivity index (χ2v) is 8.57. The lowest BCUT2D eigenvalue weighted by molar-refractivity contribution is -0.121. The summed E-state index contributed by atoms with van der Waals surface area (Å²) in [5.41, 5.74) is 0.693. The Balaban J connectivity index is 1.99. The van der Waals surface area contributed by atoms with Crippen molar-refractivity contribution in [3.05, 3.63) is 17.7 Å². The van der Waals surface area contributed by atoms with E-state index < -0.39 is 10.0 Å². The first-order chi connectivity index (χ1) is 12.9. The Hall–Kier alpha value is -2.00. The van der Waals surface area contributed by atoms with Crippen LogP contribution < -0.4 is 19.5 Å². The van der Waals surface area contributed by atoms with Crippen molar-refractivity contribution in [1.82, 2.24) is 9.62 Å². The maximum atomic E-state index is 12.5. The quantitative estimate of drug-likeness (QED) is 0.704. The SMILES string of the molecule is CCS(=O)(=O)N1CCC(NC(=O)Cc2ccc(OC)c(OC)c2OC)CC1. The van der Waals surface area contributed by atoms with E-state index in [1.54, 1.807) is 19.1 Å². The van der Waals surface area contributed by atoms with Gasteiger partial charge in [0.25, 0.3) is 0 Å². The molecule has 1 aliphatic rings. The zero-order chi connectivity index (χ0) is 20.0. The van der Waals surface area contributed by atoms with Crippen LogP contribution in [0.2, 0.25) is 0 Å². The van der Waals surface area contributed by atoms with Gasteiger partial charge in [-0.15, -0.1) is 0 Å². The summed E-state index contributed by atoms with van der Waals surface area (Å²) in [5.74, 6) is 1.41. The molecule has 2 rings (SSSR count). The van der Waals surface area contributed by atoms with Crippen molar-refractivity contribution in [2.75, 3.05) is 40.2 Å². The molecule has 0 radical (unpaired) electrons. The molecule has 1 heterocycles. The predicted octanol–water partition coefficient (Wildman–Crippen LogP) is 1.19. The Morgan fingerprint density at radius 1 is 1.11 bits per heavy atom. The number of carbonyl (C=O) groups is 1. The minimum absolute atomic E-state index is 0.0352. The molecule has 1 aromatic carbocycles. The Morgan fingerprint density at radius 2 is 1.74 bits per heavy atom. The summed E-state index contributed by atoms with van der Waals surface area (Å²) in [6.45, 7) is 2.50. The smallest absolute Gasteiger partial charge is 0.224 e. The van der Waals surface area contributed by atoms with Crippen molar-refractivity contribution < 1.29 is 27.4 Å².